The quantitative estimate of drug-likeness (QED) is 0.727. The maximum atomic E-state index is 13.4. The summed E-state index contributed by atoms with van der Waals surface area (Å²) in [7, 11) is 0. The van der Waals surface area contributed by atoms with Crippen molar-refractivity contribution in [1.82, 2.24) is 15.3 Å². The average Bonchev–Trinajstić information content (AvgIpc) is 2.67. The van der Waals surface area contributed by atoms with Crippen molar-refractivity contribution in [3.63, 3.8) is 0 Å². The van der Waals surface area contributed by atoms with Gasteiger partial charge >= 0.3 is 6.18 Å². The van der Waals surface area contributed by atoms with E-state index in [1.165, 1.54) is 18.2 Å². The van der Waals surface area contributed by atoms with E-state index in [0.717, 1.165) is 37.9 Å². The highest BCUT2D eigenvalue weighted by Gasteiger charge is 2.36. The van der Waals surface area contributed by atoms with E-state index in [2.05, 4.69) is 15.3 Å². The zero-order valence-corrected chi connectivity index (χ0v) is 16.3. The minimum atomic E-state index is -4.64. The molecule has 0 spiro atoms. The number of anilines is 1. The summed E-state index contributed by atoms with van der Waals surface area (Å²) in [5.41, 5.74) is -1.08. The van der Waals surface area contributed by atoms with Crippen LogP contribution in [0.4, 0.5) is 23.5 Å². The number of hydrogen-bond donors (Lipinski definition) is 1. The summed E-state index contributed by atoms with van der Waals surface area (Å²) < 4.78 is 58.8. The van der Waals surface area contributed by atoms with E-state index in [-0.39, 0.29) is 30.0 Å². The number of aromatic nitrogens is 2. The molecule has 1 aromatic heterocycles. The van der Waals surface area contributed by atoms with Crippen LogP contribution in [-0.2, 0) is 6.18 Å². The second kappa shape index (κ2) is 8.71. The van der Waals surface area contributed by atoms with E-state index in [9.17, 15) is 17.6 Å². The molecule has 2 aliphatic heterocycles. The normalized spacial score (nSPS) is 21.9. The second-order valence-corrected chi connectivity index (χ2v) is 7.15. The van der Waals surface area contributed by atoms with Crippen molar-refractivity contribution in [2.24, 2.45) is 5.92 Å². The monoisotopic (exact) mass is 432 g/mol. The van der Waals surface area contributed by atoms with Gasteiger partial charge in [0.1, 0.15) is 11.6 Å². The molecule has 2 fully saturated rings. The van der Waals surface area contributed by atoms with Crippen LogP contribution in [0, 0.1) is 11.7 Å². The molecule has 5 nitrogen and oxygen atoms in total. The highest BCUT2D eigenvalue weighted by Crippen LogP contribution is 2.34. The Morgan fingerprint density at radius 2 is 1.97 bits per heavy atom. The lowest BCUT2D eigenvalue weighted by Crippen LogP contribution is -2.52. The first-order chi connectivity index (χ1) is 13.4. The molecule has 3 heterocycles. The lowest BCUT2D eigenvalue weighted by atomic mass is 9.85. The number of hydrogen-bond acceptors (Lipinski definition) is 5. The molecule has 2 aromatic rings. The Morgan fingerprint density at radius 1 is 1.14 bits per heavy atom. The summed E-state index contributed by atoms with van der Waals surface area (Å²) in [5, 5.41) is 3.47. The van der Waals surface area contributed by atoms with Crippen molar-refractivity contribution in [3.8, 4) is 11.6 Å². The molecule has 2 saturated heterocycles. The average molecular weight is 433 g/mol. The largest absolute Gasteiger partial charge is 0.439 e. The zero-order chi connectivity index (χ0) is 19.7. The van der Waals surface area contributed by atoms with Crippen LogP contribution in [0.15, 0.2) is 30.3 Å². The lowest BCUT2D eigenvalue weighted by molar-refractivity contribution is -0.141. The van der Waals surface area contributed by atoms with Gasteiger partial charge in [-0.15, -0.1) is 12.4 Å². The van der Waals surface area contributed by atoms with Gasteiger partial charge in [-0.2, -0.15) is 18.2 Å². The molecule has 29 heavy (non-hydrogen) atoms. The van der Waals surface area contributed by atoms with Gasteiger partial charge in [0.25, 0.3) is 0 Å². The van der Waals surface area contributed by atoms with Crippen molar-refractivity contribution in [2.75, 3.05) is 24.5 Å². The number of halogens is 5. The Bertz CT molecular complexity index is 851. The van der Waals surface area contributed by atoms with Gasteiger partial charge in [0.05, 0.1) is 0 Å². The van der Waals surface area contributed by atoms with Gasteiger partial charge in [0, 0.05) is 31.3 Å². The summed E-state index contributed by atoms with van der Waals surface area (Å²) in [6.45, 7) is 2.14. The maximum Gasteiger partial charge on any atom is 0.433 e. The van der Waals surface area contributed by atoms with Crippen LogP contribution >= 0.6 is 12.4 Å². The molecule has 0 radical (unpaired) electrons. The van der Waals surface area contributed by atoms with Crippen LogP contribution < -0.4 is 15.0 Å². The van der Waals surface area contributed by atoms with Crippen molar-refractivity contribution in [2.45, 2.75) is 31.5 Å². The van der Waals surface area contributed by atoms with Crippen LogP contribution in [0.2, 0.25) is 0 Å². The molecule has 1 aromatic carbocycles. The minimum Gasteiger partial charge on any atom is -0.439 e. The predicted octanol–water partition coefficient (Wildman–Crippen LogP) is 4.43. The molecule has 0 amide bonds. The summed E-state index contributed by atoms with van der Waals surface area (Å²) in [6.07, 6.45) is -1.74. The lowest BCUT2D eigenvalue weighted by Gasteiger charge is -2.41. The predicted molar refractivity (Wildman–Crippen MR) is 102 cm³/mol. The smallest absolute Gasteiger partial charge is 0.433 e. The number of nitrogens with zero attached hydrogens (tertiary/aromatic N) is 3. The number of fused-ring (bicyclic) bond motifs is 1. The number of rotatable bonds is 3. The van der Waals surface area contributed by atoms with Crippen molar-refractivity contribution in [3.05, 3.63) is 41.8 Å². The van der Waals surface area contributed by atoms with E-state index < -0.39 is 17.7 Å². The van der Waals surface area contributed by atoms with Gasteiger partial charge < -0.3 is 15.0 Å². The van der Waals surface area contributed by atoms with E-state index in [0.29, 0.717) is 25.0 Å². The Labute approximate surface area is 171 Å². The molecule has 0 bridgehead atoms. The van der Waals surface area contributed by atoms with Gasteiger partial charge in [-0.05, 0) is 43.9 Å². The molecule has 1 N–H and O–H groups in total. The molecule has 0 saturated carbocycles. The Balaban J connectivity index is 0.00000240. The molecule has 4 rings (SSSR count). The highest BCUT2D eigenvalue weighted by atomic mass is 35.5. The second-order valence-electron chi connectivity index (χ2n) is 7.15. The summed E-state index contributed by atoms with van der Waals surface area (Å²) >= 11 is 0. The molecule has 10 heteroatoms. The van der Waals surface area contributed by atoms with Gasteiger partial charge in [-0.3, -0.25) is 0 Å². The molecule has 2 unspecified atom stereocenters. The number of piperidine rings is 2. The third-order valence-electron chi connectivity index (χ3n) is 5.17. The molecule has 0 aliphatic carbocycles. The van der Waals surface area contributed by atoms with Crippen molar-refractivity contribution >= 4 is 18.4 Å². The Kier molecular flexibility index (Phi) is 6.48. The topological polar surface area (TPSA) is 50.3 Å². The van der Waals surface area contributed by atoms with Crippen LogP contribution in [0.3, 0.4) is 0 Å². The third kappa shape index (κ3) is 5.08. The Morgan fingerprint density at radius 3 is 2.72 bits per heavy atom. The first-order valence-corrected chi connectivity index (χ1v) is 9.26. The number of ether oxygens (including phenoxy) is 1. The van der Waals surface area contributed by atoms with Crippen LogP contribution in [0.25, 0.3) is 0 Å². The summed E-state index contributed by atoms with van der Waals surface area (Å²) in [4.78, 5) is 9.70. The van der Waals surface area contributed by atoms with Gasteiger partial charge in [0.15, 0.2) is 5.69 Å². The summed E-state index contributed by atoms with van der Waals surface area (Å²) in [5.74, 6) is -0.382. The molecule has 158 valence electrons. The highest BCUT2D eigenvalue weighted by molar-refractivity contribution is 5.85. The summed E-state index contributed by atoms with van der Waals surface area (Å²) in [6, 6.07) is 6.31. The van der Waals surface area contributed by atoms with E-state index in [1.807, 2.05) is 0 Å². The molecule has 2 atom stereocenters. The number of nitrogens with one attached hydrogen (secondary N) is 1. The zero-order valence-electron chi connectivity index (χ0n) is 15.5. The standard InChI is InChI=1S/C19H20F4N4O.ClH/c20-13-4-1-5-14(9-13)28-17-10-16(19(21,22)23)25-18(26-17)27-8-6-15-12(11-27)3-2-7-24-15;/h1,4-5,9-10,12,15,24H,2-3,6-8,11H2;1H. The Hall–Kier alpha value is -2.13. The SMILES string of the molecule is Cl.Fc1cccc(Oc2cc(C(F)(F)F)nc(N3CCC4NCCCC4C3)n2)c1. The van der Waals surface area contributed by atoms with E-state index in [1.54, 1.807) is 4.90 Å². The fourth-order valence-electron chi connectivity index (χ4n) is 3.83. The van der Waals surface area contributed by atoms with E-state index in [4.69, 9.17) is 4.74 Å². The first-order valence-electron chi connectivity index (χ1n) is 9.26. The third-order valence-corrected chi connectivity index (χ3v) is 5.17. The fraction of sp³-hybridized carbons (Fsp3) is 0.474. The van der Waals surface area contributed by atoms with Crippen LogP contribution in [-0.4, -0.2) is 35.6 Å². The van der Waals surface area contributed by atoms with E-state index >= 15 is 0 Å². The molecular weight excluding hydrogens is 412 g/mol. The minimum absolute atomic E-state index is 0. The van der Waals surface area contributed by atoms with Crippen LogP contribution in [0.5, 0.6) is 11.6 Å². The number of benzene rings is 1. The molecule has 2 aliphatic rings. The van der Waals surface area contributed by atoms with Crippen molar-refractivity contribution < 1.29 is 22.3 Å². The van der Waals surface area contributed by atoms with Gasteiger partial charge in [-0.25, -0.2) is 9.37 Å². The van der Waals surface area contributed by atoms with Crippen molar-refractivity contribution in [1.29, 1.82) is 0 Å². The maximum absolute atomic E-state index is 13.4. The van der Waals surface area contributed by atoms with Crippen LogP contribution in [0.1, 0.15) is 25.0 Å². The fourth-order valence-corrected chi connectivity index (χ4v) is 3.83. The van der Waals surface area contributed by atoms with Gasteiger partial charge in [0.2, 0.25) is 11.8 Å². The number of alkyl halides is 3. The first kappa shape index (κ1) is 21.6. The molecular formula is C19H21ClF4N4O. The van der Waals surface area contributed by atoms with Gasteiger partial charge in [-0.1, -0.05) is 6.07 Å².